The van der Waals surface area contributed by atoms with Gasteiger partial charge in [0.25, 0.3) is 0 Å². The minimum atomic E-state index is -0.982. The molecule has 7 heteroatoms. The molecule has 2 heterocycles. The molecule has 0 radical (unpaired) electrons. The number of ketones is 2. The molecule has 0 saturated carbocycles. The highest BCUT2D eigenvalue weighted by atomic mass is 35.5. The van der Waals surface area contributed by atoms with Crippen molar-refractivity contribution in [2.24, 2.45) is 5.92 Å². The molecule has 0 amide bonds. The average molecular weight is 404 g/mol. The van der Waals surface area contributed by atoms with Crippen molar-refractivity contribution >= 4 is 29.1 Å². The van der Waals surface area contributed by atoms with Gasteiger partial charge in [-0.15, -0.1) is 0 Å². The van der Waals surface area contributed by atoms with E-state index in [1.54, 1.807) is 32.0 Å². The van der Waals surface area contributed by atoms with Crippen molar-refractivity contribution in [1.82, 2.24) is 4.98 Å². The smallest absolute Gasteiger partial charge is 0.313 e. The van der Waals surface area contributed by atoms with Gasteiger partial charge in [-0.3, -0.25) is 14.4 Å². The molecule has 0 saturated heterocycles. The van der Waals surface area contributed by atoms with Crippen LogP contribution < -0.4 is 4.74 Å². The maximum absolute atomic E-state index is 12.7. The Hall–Kier alpha value is -2.60. The molecule has 0 fully saturated rings. The molecule has 2 atom stereocenters. The van der Waals surface area contributed by atoms with Gasteiger partial charge in [0, 0.05) is 16.3 Å². The Morgan fingerprint density at radius 1 is 1.29 bits per heavy atom. The summed E-state index contributed by atoms with van der Waals surface area (Å²) >= 11 is 6.01. The zero-order chi connectivity index (χ0) is 20.6. The van der Waals surface area contributed by atoms with Crippen LogP contribution in [0.4, 0.5) is 0 Å². The average Bonchev–Trinajstić information content (AvgIpc) is 2.94. The minimum Gasteiger partial charge on any atom is -0.492 e. The number of aromatic nitrogens is 1. The summed E-state index contributed by atoms with van der Waals surface area (Å²) in [5.74, 6) is -0.806. The number of hydrogen-bond acceptors (Lipinski definition) is 5. The second-order valence-corrected chi connectivity index (χ2v) is 7.53. The number of Topliss-reactive ketones (excluding diaryl/α,β-unsaturated/α-hetero) is 2. The zero-order valence-electron chi connectivity index (χ0n) is 16.2. The van der Waals surface area contributed by atoms with E-state index in [-0.39, 0.29) is 18.2 Å². The predicted octanol–water partition coefficient (Wildman–Crippen LogP) is 3.85. The van der Waals surface area contributed by atoms with E-state index in [0.717, 1.165) is 5.56 Å². The van der Waals surface area contributed by atoms with E-state index >= 15 is 0 Å². The van der Waals surface area contributed by atoms with E-state index < -0.39 is 18.0 Å². The predicted molar refractivity (Wildman–Crippen MR) is 104 cm³/mol. The van der Waals surface area contributed by atoms with Crippen LogP contribution >= 0.6 is 11.6 Å². The number of halogens is 1. The summed E-state index contributed by atoms with van der Waals surface area (Å²) in [6, 6.07) is 5.27. The van der Waals surface area contributed by atoms with E-state index in [1.165, 1.54) is 13.8 Å². The maximum Gasteiger partial charge on any atom is 0.313 e. The SMILES string of the molecule is CC(=O)c1c(C)[nH]c(C(=O)[C@@H](C)OC(=O)[C@H]2COc3ccc(Cl)cc3C2)c1C. The summed E-state index contributed by atoms with van der Waals surface area (Å²) in [5.41, 5.74) is 2.82. The second kappa shape index (κ2) is 7.80. The minimum absolute atomic E-state index is 0.119. The van der Waals surface area contributed by atoms with Crippen molar-refractivity contribution in [2.75, 3.05) is 6.61 Å². The fourth-order valence-electron chi connectivity index (χ4n) is 3.57. The van der Waals surface area contributed by atoms with Gasteiger partial charge >= 0.3 is 5.97 Å². The summed E-state index contributed by atoms with van der Waals surface area (Å²) in [6.45, 7) is 6.60. The highest BCUT2D eigenvalue weighted by molar-refractivity contribution is 6.30. The molecule has 6 nitrogen and oxygen atoms in total. The molecule has 1 aromatic heterocycles. The lowest BCUT2D eigenvalue weighted by atomic mass is 9.97. The Morgan fingerprint density at radius 3 is 2.64 bits per heavy atom. The lowest BCUT2D eigenvalue weighted by molar-refractivity contribution is -0.152. The fourth-order valence-corrected chi connectivity index (χ4v) is 3.76. The van der Waals surface area contributed by atoms with Crippen LogP contribution in [0.3, 0.4) is 0 Å². The quantitative estimate of drug-likeness (QED) is 0.605. The number of fused-ring (bicyclic) bond motifs is 1. The van der Waals surface area contributed by atoms with Gasteiger partial charge < -0.3 is 14.5 Å². The van der Waals surface area contributed by atoms with E-state index in [1.807, 2.05) is 0 Å². The van der Waals surface area contributed by atoms with Crippen molar-refractivity contribution in [3.8, 4) is 5.75 Å². The van der Waals surface area contributed by atoms with Crippen LogP contribution in [0, 0.1) is 19.8 Å². The highest BCUT2D eigenvalue weighted by Crippen LogP contribution is 2.30. The van der Waals surface area contributed by atoms with E-state index in [0.29, 0.717) is 39.7 Å². The molecule has 1 aliphatic rings. The molecule has 0 spiro atoms. The maximum atomic E-state index is 12.7. The first kappa shape index (κ1) is 20.1. The Morgan fingerprint density at radius 2 is 2.00 bits per heavy atom. The van der Waals surface area contributed by atoms with Crippen molar-refractivity contribution in [3.63, 3.8) is 0 Å². The molecule has 0 unspecified atom stereocenters. The molecule has 0 aliphatic carbocycles. The van der Waals surface area contributed by atoms with Crippen LogP contribution in [-0.4, -0.2) is 35.2 Å². The number of rotatable bonds is 5. The van der Waals surface area contributed by atoms with Crippen molar-refractivity contribution < 1.29 is 23.9 Å². The van der Waals surface area contributed by atoms with Gasteiger partial charge in [0.05, 0.1) is 11.6 Å². The number of nitrogens with one attached hydrogen (secondary N) is 1. The van der Waals surface area contributed by atoms with Gasteiger partial charge in [-0.05, 0) is 63.4 Å². The zero-order valence-corrected chi connectivity index (χ0v) is 17.0. The van der Waals surface area contributed by atoms with Crippen LogP contribution in [0.5, 0.6) is 5.75 Å². The molecule has 3 rings (SSSR count). The molecular formula is C21H22ClNO5. The van der Waals surface area contributed by atoms with Crippen LogP contribution in [-0.2, 0) is 16.0 Å². The molecular weight excluding hydrogens is 382 g/mol. The first-order valence-corrected chi connectivity index (χ1v) is 9.42. The summed E-state index contributed by atoms with van der Waals surface area (Å²) in [4.78, 5) is 40.0. The number of carbonyl (C=O) groups excluding carboxylic acids is 3. The Labute approximate surface area is 168 Å². The molecule has 2 aromatic rings. The highest BCUT2D eigenvalue weighted by Gasteiger charge is 2.31. The van der Waals surface area contributed by atoms with E-state index in [9.17, 15) is 14.4 Å². The van der Waals surface area contributed by atoms with Gasteiger partial charge in [-0.25, -0.2) is 0 Å². The van der Waals surface area contributed by atoms with Crippen LogP contribution in [0.25, 0.3) is 0 Å². The van der Waals surface area contributed by atoms with Gasteiger partial charge in [-0.2, -0.15) is 0 Å². The fraction of sp³-hybridized carbons (Fsp3) is 0.381. The topological polar surface area (TPSA) is 85.5 Å². The van der Waals surface area contributed by atoms with Crippen LogP contribution in [0.2, 0.25) is 5.02 Å². The number of hydrogen-bond donors (Lipinski definition) is 1. The van der Waals surface area contributed by atoms with Crippen LogP contribution in [0.1, 0.15) is 51.5 Å². The largest absolute Gasteiger partial charge is 0.492 e. The number of esters is 1. The number of H-pyrrole nitrogens is 1. The molecule has 1 aliphatic heterocycles. The van der Waals surface area contributed by atoms with Crippen molar-refractivity contribution in [2.45, 2.75) is 40.2 Å². The van der Waals surface area contributed by atoms with Crippen LogP contribution in [0.15, 0.2) is 18.2 Å². The molecule has 1 aromatic carbocycles. The lowest BCUT2D eigenvalue weighted by Crippen LogP contribution is -2.34. The number of carbonyl (C=O) groups is 3. The third-order valence-corrected chi connectivity index (χ3v) is 5.20. The number of aryl methyl sites for hydroxylation is 1. The third-order valence-electron chi connectivity index (χ3n) is 4.96. The summed E-state index contributed by atoms with van der Waals surface area (Å²) in [6.07, 6.45) is -0.546. The normalized spacial score (nSPS) is 16.7. The number of aromatic amines is 1. The monoisotopic (exact) mass is 403 g/mol. The lowest BCUT2D eigenvalue weighted by Gasteiger charge is -2.25. The molecule has 148 valence electrons. The van der Waals surface area contributed by atoms with Gasteiger partial charge in [-0.1, -0.05) is 11.6 Å². The first-order chi connectivity index (χ1) is 13.2. The molecule has 28 heavy (non-hydrogen) atoms. The Bertz CT molecular complexity index is 962. The van der Waals surface area contributed by atoms with Crippen molar-refractivity contribution in [1.29, 1.82) is 0 Å². The third kappa shape index (κ3) is 3.83. The number of benzene rings is 1. The first-order valence-electron chi connectivity index (χ1n) is 9.05. The summed E-state index contributed by atoms with van der Waals surface area (Å²) < 4.78 is 11.0. The Balaban J connectivity index is 1.70. The van der Waals surface area contributed by atoms with Gasteiger partial charge in [0.2, 0.25) is 5.78 Å². The van der Waals surface area contributed by atoms with E-state index in [4.69, 9.17) is 21.1 Å². The van der Waals surface area contributed by atoms with Crippen molar-refractivity contribution in [3.05, 3.63) is 51.3 Å². The van der Waals surface area contributed by atoms with Gasteiger partial charge in [0.1, 0.15) is 12.4 Å². The summed E-state index contributed by atoms with van der Waals surface area (Å²) in [7, 11) is 0. The molecule has 1 N–H and O–H groups in total. The second-order valence-electron chi connectivity index (χ2n) is 7.09. The van der Waals surface area contributed by atoms with E-state index in [2.05, 4.69) is 4.98 Å². The molecule has 0 bridgehead atoms. The van der Waals surface area contributed by atoms with Gasteiger partial charge in [0.15, 0.2) is 11.9 Å². The standard InChI is InChI=1S/C21H22ClNO5/c1-10-18(12(3)24)11(2)23-19(10)20(25)13(4)28-21(26)15-7-14-8-16(22)5-6-17(14)27-9-15/h5-6,8,13,15,23H,7,9H2,1-4H3/t13-,15-/m1/s1. The Kier molecular flexibility index (Phi) is 5.61. The summed E-state index contributed by atoms with van der Waals surface area (Å²) in [5, 5.41) is 0.568. The number of ether oxygens (including phenoxy) is 2.